The van der Waals surface area contributed by atoms with Gasteiger partial charge in [0.2, 0.25) is 5.78 Å². The molecule has 3 amide bonds. The predicted molar refractivity (Wildman–Crippen MR) is 233 cm³/mol. The van der Waals surface area contributed by atoms with E-state index < -0.39 is 119 Å². The van der Waals surface area contributed by atoms with Gasteiger partial charge in [0.05, 0.1) is 42.0 Å². The van der Waals surface area contributed by atoms with Gasteiger partial charge in [0.1, 0.15) is 54.8 Å². The number of phenols is 2. The van der Waals surface area contributed by atoms with Gasteiger partial charge in [0.15, 0.2) is 17.9 Å². The van der Waals surface area contributed by atoms with Gasteiger partial charge in [-0.2, -0.15) is 0 Å². The minimum Gasteiger partial charge on any atom is -0.507 e. The smallest absolute Gasteiger partial charge is 0.407 e. The Morgan fingerprint density at radius 1 is 0.940 bits per heavy atom. The fraction of sp³-hybridized carbons (Fsp3) is 0.383. The van der Waals surface area contributed by atoms with Crippen LogP contribution in [0.3, 0.4) is 0 Å². The maximum absolute atomic E-state index is 14.0. The van der Waals surface area contributed by atoms with Gasteiger partial charge in [-0.05, 0) is 44.0 Å². The van der Waals surface area contributed by atoms with Crippen molar-refractivity contribution >= 4 is 47.1 Å². The van der Waals surface area contributed by atoms with Crippen molar-refractivity contribution in [3.63, 3.8) is 0 Å². The number of carbonyl (C=O) groups excluding carboxylic acids is 7. The molecule has 1 heterocycles. The number of methoxy groups -OCH3 is 1. The van der Waals surface area contributed by atoms with Crippen molar-refractivity contribution < 1.29 is 82.4 Å². The van der Waals surface area contributed by atoms with E-state index >= 15 is 0 Å². The number of esters is 2. The largest absolute Gasteiger partial charge is 0.507 e. The number of aliphatic hydroxyl groups is 2. The Bertz CT molecular complexity index is 2470. The molecule has 0 saturated carbocycles. The molecule has 0 aromatic heterocycles. The van der Waals surface area contributed by atoms with E-state index in [9.17, 15) is 54.0 Å². The summed E-state index contributed by atoms with van der Waals surface area (Å²) in [5.74, 6) is -5.09. The summed E-state index contributed by atoms with van der Waals surface area (Å²) < 4.78 is 32.9. The summed E-state index contributed by atoms with van der Waals surface area (Å²) in [6.07, 6.45) is -4.69. The van der Waals surface area contributed by atoms with Gasteiger partial charge in [-0.1, -0.05) is 49.6 Å². The van der Waals surface area contributed by atoms with Crippen molar-refractivity contribution in [2.75, 3.05) is 25.6 Å². The van der Waals surface area contributed by atoms with Crippen LogP contribution >= 0.6 is 0 Å². The molecular formula is C47H51N3O17. The number of carbonyl (C=O) groups is 7. The number of nitrogens with one attached hydrogen (secondary N) is 3. The Kier molecular flexibility index (Phi) is 15.5. The number of anilines is 1. The Morgan fingerprint density at radius 3 is 2.30 bits per heavy atom. The number of urea groups is 1. The number of hydrogen-bond donors (Lipinski definition) is 7. The Labute approximate surface area is 383 Å². The first-order chi connectivity index (χ1) is 31.9. The predicted octanol–water partition coefficient (Wildman–Crippen LogP) is 3.73. The van der Waals surface area contributed by atoms with Gasteiger partial charge in [0.25, 0.3) is 0 Å². The van der Waals surface area contributed by atoms with Crippen molar-refractivity contribution in [2.45, 2.75) is 94.8 Å². The monoisotopic (exact) mass is 929 g/mol. The molecule has 1 aliphatic heterocycles. The fourth-order valence-corrected chi connectivity index (χ4v) is 8.10. The lowest BCUT2D eigenvalue weighted by molar-refractivity contribution is -0.249. The number of hydrogen-bond acceptors (Lipinski definition) is 17. The second-order valence-electron chi connectivity index (χ2n) is 16.1. The fourth-order valence-electron chi connectivity index (χ4n) is 8.10. The highest BCUT2D eigenvalue weighted by Gasteiger charge is 2.50. The number of aliphatic hydroxyl groups excluding tert-OH is 1. The quantitative estimate of drug-likeness (QED) is 0.0344. The van der Waals surface area contributed by atoms with E-state index in [1.165, 1.54) is 56.5 Å². The van der Waals surface area contributed by atoms with Crippen LogP contribution in [0.15, 0.2) is 67.8 Å². The lowest BCUT2D eigenvalue weighted by Crippen LogP contribution is -2.55. The molecule has 0 unspecified atom stereocenters. The van der Waals surface area contributed by atoms with Crippen molar-refractivity contribution in [2.24, 2.45) is 0 Å². The second kappa shape index (κ2) is 21.0. The first-order valence-electron chi connectivity index (χ1n) is 21.1. The minimum absolute atomic E-state index is 0.0115. The maximum atomic E-state index is 14.0. The Balaban J connectivity index is 1.10. The highest BCUT2D eigenvalue weighted by molar-refractivity contribution is 6.31. The number of benzene rings is 3. The lowest BCUT2D eigenvalue weighted by Gasteiger charge is -2.42. The molecule has 0 spiro atoms. The van der Waals surface area contributed by atoms with E-state index in [0.717, 1.165) is 6.92 Å². The summed E-state index contributed by atoms with van der Waals surface area (Å²) in [6.45, 7) is 9.20. The van der Waals surface area contributed by atoms with Crippen molar-refractivity contribution in [1.82, 2.24) is 10.6 Å². The third kappa shape index (κ3) is 10.8. The van der Waals surface area contributed by atoms with Gasteiger partial charge < -0.3 is 64.8 Å². The van der Waals surface area contributed by atoms with Crippen LogP contribution in [0.25, 0.3) is 0 Å². The zero-order chi connectivity index (χ0) is 48.7. The SMILES string of the molecule is C=CCOC(=O)CC[C@H](NC(=O)Nc1ccc(COC(=O)N[C@H]2C[C@H](O[C@H]3C[C@](O)(C(C)=O)Cc4c(O)c5c(c(O)c43)C(=O)c3c(OC)cccc3C5=O)O[C@@H](C)[C@H]2O)cc1)C(=O)OCC=C. The number of ether oxygens (including phenoxy) is 6. The summed E-state index contributed by atoms with van der Waals surface area (Å²) in [4.78, 5) is 91.0. The van der Waals surface area contributed by atoms with Crippen LogP contribution in [-0.4, -0.2) is 118 Å². The molecule has 7 N–H and O–H groups in total. The summed E-state index contributed by atoms with van der Waals surface area (Å²) in [5.41, 5.74) is -2.97. The van der Waals surface area contributed by atoms with E-state index in [2.05, 4.69) is 29.1 Å². The average Bonchev–Trinajstić information content (AvgIpc) is 3.29. The van der Waals surface area contributed by atoms with Gasteiger partial charge in [-0.25, -0.2) is 14.4 Å². The van der Waals surface area contributed by atoms with Crippen LogP contribution in [0.2, 0.25) is 0 Å². The maximum Gasteiger partial charge on any atom is 0.407 e. The van der Waals surface area contributed by atoms with Crippen LogP contribution in [0.1, 0.15) is 94.2 Å². The third-order valence-electron chi connectivity index (χ3n) is 11.6. The Hall–Kier alpha value is -7.13. The van der Waals surface area contributed by atoms with Crippen LogP contribution in [-0.2, 0) is 51.1 Å². The van der Waals surface area contributed by atoms with E-state index in [-0.39, 0.29) is 67.1 Å². The highest BCUT2D eigenvalue weighted by atomic mass is 16.7. The molecule has 7 atom stereocenters. The number of Topliss-reactive ketones (excluding diaryl/α,β-unsaturated/α-hetero) is 1. The van der Waals surface area contributed by atoms with E-state index in [0.29, 0.717) is 11.3 Å². The topological polar surface area (TPSA) is 292 Å². The summed E-state index contributed by atoms with van der Waals surface area (Å²) in [7, 11) is 1.30. The molecular weight excluding hydrogens is 879 g/mol. The summed E-state index contributed by atoms with van der Waals surface area (Å²) >= 11 is 0. The van der Waals surface area contributed by atoms with Gasteiger partial charge >= 0.3 is 24.1 Å². The van der Waals surface area contributed by atoms with Crippen molar-refractivity contribution in [3.8, 4) is 17.2 Å². The zero-order valence-electron chi connectivity index (χ0n) is 36.8. The van der Waals surface area contributed by atoms with Gasteiger partial charge in [0, 0.05) is 48.1 Å². The van der Waals surface area contributed by atoms with Crippen LogP contribution in [0.4, 0.5) is 15.3 Å². The Morgan fingerprint density at radius 2 is 1.63 bits per heavy atom. The van der Waals surface area contributed by atoms with Crippen molar-refractivity contribution in [3.05, 3.63) is 107 Å². The molecule has 20 nitrogen and oxygen atoms in total. The van der Waals surface area contributed by atoms with Crippen molar-refractivity contribution in [1.29, 1.82) is 0 Å². The normalized spacial score (nSPS) is 22.1. The first-order valence-corrected chi connectivity index (χ1v) is 21.1. The third-order valence-corrected chi connectivity index (χ3v) is 11.6. The molecule has 0 radical (unpaired) electrons. The standard InChI is InChI=1S/C47H51N3O17/c1-6-17-63-33(52)16-15-29(44(58)64-18-7-2)49-45(59)48-26-13-11-25(12-14-26)22-65-46(60)50-30-19-34(66-23(3)39(30)53)67-32-21-47(61,24(4)51)20-28-36(32)43(57)38-37(41(28)55)40(54)27-9-8-10-31(62-5)35(27)42(38)56/h6-14,23,29-30,32,34,39,53,55,57,61H,1-2,15-22H2,3-5H3,(H,50,60)(H2,48,49,59)/t23-,29-,30-,32-,34-,39+,47-/m0/s1. The minimum atomic E-state index is -2.16. The number of aromatic hydroxyl groups is 2. The molecule has 2 aliphatic carbocycles. The number of alkyl carbamates (subject to hydrolysis) is 1. The van der Waals surface area contributed by atoms with E-state index in [1.807, 2.05) is 0 Å². The first kappa shape index (κ1) is 49.3. The molecule has 1 fully saturated rings. The van der Waals surface area contributed by atoms with Gasteiger partial charge in [-0.15, -0.1) is 0 Å². The van der Waals surface area contributed by atoms with Crippen LogP contribution < -0.4 is 20.7 Å². The van der Waals surface area contributed by atoms with E-state index in [1.54, 1.807) is 12.1 Å². The number of amides is 3. The molecule has 3 aromatic rings. The zero-order valence-corrected chi connectivity index (χ0v) is 36.8. The molecule has 356 valence electrons. The average molecular weight is 930 g/mol. The molecule has 0 bridgehead atoms. The lowest BCUT2D eigenvalue weighted by atomic mass is 9.72. The number of fused-ring (bicyclic) bond motifs is 3. The van der Waals surface area contributed by atoms with Gasteiger partial charge in [-0.3, -0.25) is 19.2 Å². The summed E-state index contributed by atoms with van der Waals surface area (Å²) in [5, 5.41) is 53.7. The molecule has 1 saturated heterocycles. The molecule has 6 rings (SSSR count). The summed E-state index contributed by atoms with van der Waals surface area (Å²) in [6, 6.07) is 7.43. The molecule has 67 heavy (non-hydrogen) atoms. The highest BCUT2D eigenvalue weighted by Crippen LogP contribution is 2.52. The number of ketones is 3. The molecule has 3 aliphatic rings. The number of rotatable bonds is 17. The van der Waals surface area contributed by atoms with E-state index in [4.69, 9.17) is 28.4 Å². The molecule has 3 aromatic carbocycles. The van der Waals surface area contributed by atoms with Crippen LogP contribution in [0.5, 0.6) is 17.2 Å². The second-order valence-corrected chi connectivity index (χ2v) is 16.1. The van der Waals surface area contributed by atoms with Crippen LogP contribution in [0, 0.1) is 0 Å². The number of phenolic OH excluding ortho intramolecular Hbond substituents is 2. The molecule has 20 heteroatoms.